The van der Waals surface area contributed by atoms with Crippen molar-refractivity contribution >= 4 is 11.5 Å². The largest absolute Gasteiger partial charge is 0.397 e. The summed E-state index contributed by atoms with van der Waals surface area (Å²) in [5.74, 6) is -2.02. The monoisotopic (exact) mass is 213 g/mol. The number of aromatic nitrogens is 1. The van der Waals surface area contributed by atoms with Crippen LogP contribution >= 0.6 is 0 Å². The van der Waals surface area contributed by atoms with Crippen molar-refractivity contribution < 1.29 is 8.78 Å². The van der Waals surface area contributed by atoms with Crippen molar-refractivity contribution in [3.63, 3.8) is 0 Å². The molecule has 0 spiro atoms. The van der Waals surface area contributed by atoms with Gasteiger partial charge in [-0.25, -0.2) is 13.8 Å². The molecule has 2 rings (SSSR count). The van der Waals surface area contributed by atoms with Gasteiger partial charge in [0.25, 0.3) is 5.92 Å². The van der Waals surface area contributed by atoms with Crippen LogP contribution in [0.5, 0.6) is 0 Å². The Balaban J connectivity index is 2.13. The zero-order chi connectivity index (χ0) is 10.9. The molecule has 1 fully saturated rings. The van der Waals surface area contributed by atoms with Gasteiger partial charge in [0.1, 0.15) is 5.82 Å². The van der Waals surface area contributed by atoms with Crippen molar-refractivity contribution in [2.45, 2.75) is 18.8 Å². The number of pyridine rings is 1. The Bertz CT molecular complexity index is 337. The fraction of sp³-hybridized carbons (Fsp3) is 0.500. The molecule has 5 heteroatoms. The van der Waals surface area contributed by atoms with E-state index in [1.165, 1.54) is 6.20 Å². The number of nitrogens with two attached hydrogens (primary N) is 1. The third-order valence-electron chi connectivity index (χ3n) is 2.49. The van der Waals surface area contributed by atoms with Gasteiger partial charge in [-0.2, -0.15) is 0 Å². The predicted octanol–water partition coefficient (Wildman–Crippen LogP) is 1.90. The first-order chi connectivity index (χ1) is 7.07. The van der Waals surface area contributed by atoms with Gasteiger partial charge in [0.2, 0.25) is 0 Å². The van der Waals surface area contributed by atoms with Crippen LogP contribution in [-0.4, -0.2) is 24.0 Å². The maximum atomic E-state index is 13.1. The standard InChI is InChI=1S/C10H13F2N3/c11-10(12)4-1-5-15(7-10)9-3-2-8(13)6-14-9/h2-3,6H,1,4-5,7,13H2. The Morgan fingerprint density at radius 1 is 1.40 bits per heavy atom. The fourth-order valence-electron chi connectivity index (χ4n) is 1.75. The number of rotatable bonds is 1. The van der Waals surface area contributed by atoms with Crippen molar-refractivity contribution in [1.82, 2.24) is 4.98 Å². The molecule has 2 heterocycles. The maximum absolute atomic E-state index is 13.1. The van der Waals surface area contributed by atoms with E-state index in [0.29, 0.717) is 24.5 Å². The summed E-state index contributed by atoms with van der Waals surface area (Å²) >= 11 is 0. The number of alkyl halides is 2. The molecule has 15 heavy (non-hydrogen) atoms. The van der Waals surface area contributed by atoms with Gasteiger partial charge in [0.15, 0.2) is 0 Å². The first-order valence-electron chi connectivity index (χ1n) is 4.91. The van der Waals surface area contributed by atoms with Crippen molar-refractivity contribution in [2.24, 2.45) is 0 Å². The molecular weight excluding hydrogens is 200 g/mol. The number of halogens is 2. The average Bonchev–Trinajstić information content (AvgIpc) is 2.17. The molecule has 82 valence electrons. The first-order valence-corrected chi connectivity index (χ1v) is 4.91. The molecule has 1 aliphatic rings. The highest BCUT2D eigenvalue weighted by Gasteiger charge is 2.35. The molecule has 0 bridgehead atoms. The van der Waals surface area contributed by atoms with Crippen LogP contribution in [0.3, 0.4) is 0 Å². The van der Waals surface area contributed by atoms with Crippen LogP contribution in [0.25, 0.3) is 0 Å². The summed E-state index contributed by atoms with van der Waals surface area (Å²) in [7, 11) is 0. The van der Waals surface area contributed by atoms with E-state index in [4.69, 9.17) is 5.73 Å². The molecule has 1 aromatic heterocycles. The van der Waals surface area contributed by atoms with Crippen molar-refractivity contribution in [2.75, 3.05) is 23.7 Å². The molecule has 0 aliphatic carbocycles. The van der Waals surface area contributed by atoms with Gasteiger partial charge in [-0.05, 0) is 18.6 Å². The van der Waals surface area contributed by atoms with E-state index in [2.05, 4.69) is 4.98 Å². The van der Waals surface area contributed by atoms with Gasteiger partial charge in [0.05, 0.1) is 18.4 Å². The molecule has 1 aromatic rings. The van der Waals surface area contributed by atoms with E-state index in [1.807, 2.05) is 0 Å². The van der Waals surface area contributed by atoms with Crippen LogP contribution < -0.4 is 10.6 Å². The molecule has 2 N–H and O–H groups in total. The number of nitrogens with zero attached hydrogens (tertiary/aromatic N) is 2. The Morgan fingerprint density at radius 3 is 2.80 bits per heavy atom. The van der Waals surface area contributed by atoms with E-state index in [1.54, 1.807) is 17.0 Å². The molecule has 0 saturated carbocycles. The van der Waals surface area contributed by atoms with E-state index in [0.717, 1.165) is 0 Å². The summed E-state index contributed by atoms with van der Waals surface area (Å²) in [5, 5.41) is 0. The van der Waals surface area contributed by atoms with Gasteiger partial charge in [-0.3, -0.25) is 0 Å². The minimum absolute atomic E-state index is 0.0293. The van der Waals surface area contributed by atoms with Crippen LogP contribution in [0.4, 0.5) is 20.3 Å². The highest BCUT2D eigenvalue weighted by Crippen LogP contribution is 2.29. The van der Waals surface area contributed by atoms with Crippen LogP contribution in [0, 0.1) is 0 Å². The lowest BCUT2D eigenvalue weighted by molar-refractivity contribution is -0.0118. The highest BCUT2D eigenvalue weighted by atomic mass is 19.3. The lowest BCUT2D eigenvalue weighted by atomic mass is 10.1. The smallest absolute Gasteiger partial charge is 0.265 e. The Morgan fingerprint density at radius 2 is 2.20 bits per heavy atom. The van der Waals surface area contributed by atoms with E-state index in [-0.39, 0.29) is 13.0 Å². The third-order valence-corrected chi connectivity index (χ3v) is 2.49. The first kappa shape index (κ1) is 10.1. The number of hydrogen-bond donors (Lipinski definition) is 1. The second-order valence-electron chi connectivity index (χ2n) is 3.83. The SMILES string of the molecule is Nc1ccc(N2CCCC(F)(F)C2)nc1. The summed E-state index contributed by atoms with van der Waals surface area (Å²) in [6, 6.07) is 3.35. The molecule has 1 saturated heterocycles. The minimum atomic E-state index is -2.60. The number of nitrogen functional groups attached to an aromatic ring is 1. The average molecular weight is 213 g/mol. The quantitative estimate of drug-likeness (QED) is 0.774. The summed E-state index contributed by atoms with van der Waals surface area (Å²) in [4.78, 5) is 5.64. The molecule has 0 amide bonds. The Hall–Kier alpha value is -1.39. The molecule has 0 unspecified atom stereocenters. The lowest BCUT2D eigenvalue weighted by Crippen LogP contribution is -2.43. The van der Waals surface area contributed by atoms with Gasteiger partial charge >= 0.3 is 0 Å². The van der Waals surface area contributed by atoms with Crippen LogP contribution in [0.1, 0.15) is 12.8 Å². The van der Waals surface area contributed by atoms with E-state index < -0.39 is 5.92 Å². The highest BCUT2D eigenvalue weighted by molar-refractivity contribution is 5.46. The Kier molecular flexibility index (Phi) is 2.46. The summed E-state index contributed by atoms with van der Waals surface area (Å²) in [6.45, 7) is 0.385. The van der Waals surface area contributed by atoms with Gasteiger partial charge in [-0.1, -0.05) is 0 Å². The molecular formula is C10H13F2N3. The number of anilines is 2. The summed E-state index contributed by atoms with van der Waals surface area (Å²) in [5.41, 5.74) is 6.02. The van der Waals surface area contributed by atoms with Crippen LogP contribution in [0.15, 0.2) is 18.3 Å². The van der Waals surface area contributed by atoms with Gasteiger partial charge in [0, 0.05) is 13.0 Å². The fourth-order valence-corrected chi connectivity index (χ4v) is 1.75. The number of hydrogen-bond acceptors (Lipinski definition) is 3. The van der Waals surface area contributed by atoms with Crippen molar-refractivity contribution in [3.05, 3.63) is 18.3 Å². The van der Waals surface area contributed by atoms with E-state index >= 15 is 0 Å². The van der Waals surface area contributed by atoms with Gasteiger partial charge in [-0.15, -0.1) is 0 Å². The normalized spacial score (nSPS) is 20.3. The van der Waals surface area contributed by atoms with Crippen molar-refractivity contribution in [3.8, 4) is 0 Å². The molecule has 0 atom stereocenters. The van der Waals surface area contributed by atoms with Crippen LogP contribution in [0.2, 0.25) is 0 Å². The molecule has 3 nitrogen and oxygen atoms in total. The van der Waals surface area contributed by atoms with Crippen molar-refractivity contribution in [1.29, 1.82) is 0 Å². The predicted molar refractivity (Wildman–Crippen MR) is 55.0 cm³/mol. The topological polar surface area (TPSA) is 42.1 Å². The maximum Gasteiger partial charge on any atom is 0.265 e. The third kappa shape index (κ3) is 2.34. The second-order valence-corrected chi connectivity index (χ2v) is 3.83. The molecule has 0 aromatic carbocycles. The van der Waals surface area contributed by atoms with Gasteiger partial charge < -0.3 is 10.6 Å². The van der Waals surface area contributed by atoms with Crippen LogP contribution in [-0.2, 0) is 0 Å². The van der Waals surface area contributed by atoms with E-state index in [9.17, 15) is 8.78 Å². The Labute approximate surface area is 86.9 Å². The summed E-state index contributed by atoms with van der Waals surface area (Å²) < 4.78 is 26.3. The zero-order valence-corrected chi connectivity index (χ0v) is 8.29. The zero-order valence-electron chi connectivity index (χ0n) is 8.29. The summed E-state index contributed by atoms with van der Waals surface area (Å²) in [6.07, 6.45) is 1.96. The minimum Gasteiger partial charge on any atom is -0.397 e. The lowest BCUT2D eigenvalue weighted by Gasteiger charge is -2.33. The molecule has 0 radical (unpaired) electrons. The second kappa shape index (κ2) is 3.64. The molecule has 1 aliphatic heterocycles. The number of piperidine rings is 1.